The normalized spacial score (nSPS) is 13.2. The lowest BCUT2D eigenvalue weighted by Crippen LogP contribution is -2.31. The van der Waals surface area contributed by atoms with E-state index in [4.69, 9.17) is 0 Å². The van der Waals surface area contributed by atoms with Gasteiger partial charge in [0.1, 0.15) is 9.84 Å². The molecule has 0 aliphatic rings. The summed E-state index contributed by atoms with van der Waals surface area (Å²) in [5.74, 6) is -0.211. The molecule has 0 aromatic carbocycles. The summed E-state index contributed by atoms with van der Waals surface area (Å²) in [4.78, 5) is 0. The predicted octanol–water partition coefficient (Wildman–Crippen LogP) is -0.925. The molecular weight excluding hydrogens is 254 g/mol. The molecule has 9 heteroatoms. The summed E-state index contributed by atoms with van der Waals surface area (Å²) in [5.41, 5.74) is 0. The van der Waals surface area contributed by atoms with Gasteiger partial charge in [0.25, 0.3) is 10.0 Å². The maximum atomic E-state index is 11.8. The minimum atomic E-state index is -3.67. The molecule has 92 valence electrons. The summed E-state index contributed by atoms with van der Waals surface area (Å²) in [6.07, 6.45) is 2.38. The number of H-pyrrole nitrogens is 1. The van der Waals surface area contributed by atoms with Gasteiger partial charge < -0.3 is 0 Å². The molecule has 0 spiro atoms. The molecule has 1 aromatic heterocycles. The molecule has 1 aromatic rings. The van der Waals surface area contributed by atoms with Gasteiger partial charge in [-0.2, -0.15) is 9.40 Å². The van der Waals surface area contributed by atoms with Crippen LogP contribution in [0.5, 0.6) is 0 Å². The van der Waals surface area contributed by atoms with Crippen molar-refractivity contribution in [1.29, 1.82) is 0 Å². The fourth-order valence-corrected chi connectivity index (χ4v) is 2.76. The van der Waals surface area contributed by atoms with E-state index in [9.17, 15) is 16.8 Å². The van der Waals surface area contributed by atoms with Crippen molar-refractivity contribution in [3.63, 3.8) is 0 Å². The Labute approximate surface area is 94.4 Å². The van der Waals surface area contributed by atoms with Crippen molar-refractivity contribution in [2.75, 3.05) is 25.6 Å². The van der Waals surface area contributed by atoms with E-state index in [1.165, 1.54) is 19.3 Å². The molecule has 1 rings (SSSR count). The average molecular weight is 267 g/mol. The average Bonchev–Trinajstić information content (AvgIpc) is 2.65. The number of nitrogens with zero attached hydrogens (tertiary/aromatic N) is 2. The summed E-state index contributed by atoms with van der Waals surface area (Å²) in [6, 6.07) is 1.31. The lowest BCUT2D eigenvalue weighted by atomic mass is 10.8. The van der Waals surface area contributed by atoms with Crippen molar-refractivity contribution < 1.29 is 16.8 Å². The van der Waals surface area contributed by atoms with Crippen LogP contribution >= 0.6 is 0 Å². The number of sulfonamides is 1. The van der Waals surface area contributed by atoms with Crippen LogP contribution in [0.25, 0.3) is 0 Å². The monoisotopic (exact) mass is 267 g/mol. The van der Waals surface area contributed by atoms with Crippen LogP contribution in [0.2, 0.25) is 0 Å². The Balaban J connectivity index is 2.79. The number of nitrogens with one attached hydrogen (secondary N) is 1. The molecule has 0 aliphatic carbocycles. The van der Waals surface area contributed by atoms with E-state index in [1.54, 1.807) is 0 Å². The molecule has 1 heterocycles. The Kier molecular flexibility index (Phi) is 3.71. The summed E-state index contributed by atoms with van der Waals surface area (Å²) in [7, 11) is -5.53. The van der Waals surface area contributed by atoms with Gasteiger partial charge in [-0.1, -0.05) is 0 Å². The number of aromatic amines is 1. The van der Waals surface area contributed by atoms with E-state index < -0.39 is 19.9 Å². The van der Waals surface area contributed by atoms with Gasteiger partial charge in [0.2, 0.25) is 0 Å². The molecule has 16 heavy (non-hydrogen) atoms. The van der Waals surface area contributed by atoms with E-state index in [1.807, 2.05) is 0 Å². The number of sulfone groups is 1. The van der Waals surface area contributed by atoms with Gasteiger partial charge in [-0.25, -0.2) is 16.8 Å². The Morgan fingerprint density at radius 3 is 2.44 bits per heavy atom. The van der Waals surface area contributed by atoms with Crippen LogP contribution in [0, 0.1) is 0 Å². The zero-order valence-electron chi connectivity index (χ0n) is 8.91. The van der Waals surface area contributed by atoms with Crippen molar-refractivity contribution in [2.45, 2.75) is 5.03 Å². The van der Waals surface area contributed by atoms with Gasteiger partial charge in [-0.3, -0.25) is 5.10 Å². The van der Waals surface area contributed by atoms with Crippen molar-refractivity contribution >= 4 is 19.9 Å². The van der Waals surface area contributed by atoms with Gasteiger partial charge in [0, 0.05) is 19.8 Å². The zero-order valence-corrected chi connectivity index (χ0v) is 10.5. The molecule has 0 radical (unpaired) electrons. The third-order valence-electron chi connectivity index (χ3n) is 1.94. The predicted molar refractivity (Wildman–Crippen MR) is 58.1 cm³/mol. The maximum Gasteiger partial charge on any atom is 0.259 e. The molecule has 0 fully saturated rings. The lowest BCUT2D eigenvalue weighted by molar-refractivity contribution is 0.481. The van der Waals surface area contributed by atoms with E-state index >= 15 is 0 Å². The number of hydrogen-bond donors (Lipinski definition) is 1. The number of hydrogen-bond acceptors (Lipinski definition) is 5. The number of aromatic nitrogens is 2. The fraction of sp³-hybridized carbons (Fsp3) is 0.571. The first-order valence-electron chi connectivity index (χ1n) is 4.37. The molecule has 0 saturated carbocycles. The van der Waals surface area contributed by atoms with Gasteiger partial charge in [0.15, 0.2) is 5.03 Å². The Bertz CT molecular complexity index is 532. The van der Waals surface area contributed by atoms with Gasteiger partial charge in [-0.15, -0.1) is 0 Å². The molecule has 0 saturated heterocycles. The van der Waals surface area contributed by atoms with Crippen molar-refractivity contribution in [3.05, 3.63) is 12.3 Å². The van der Waals surface area contributed by atoms with E-state index in [0.717, 1.165) is 10.6 Å². The van der Waals surface area contributed by atoms with Crippen molar-refractivity contribution in [2.24, 2.45) is 0 Å². The first kappa shape index (κ1) is 13.1. The summed E-state index contributed by atoms with van der Waals surface area (Å²) in [6.45, 7) is -0.0831. The van der Waals surface area contributed by atoms with Crippen LogP contribution in [-0.4, -0.2) is 56.9 Å². The third-order valence-corrected chi connectivity index (χ3v) is 4.65. The second kappa shape index (κ2) is 4.52. The number of rotatable bonds is 5. The molecule has 0 amide bonds. The summed E-state index contributed by atoms with van der Waals surface area (Å²) < 4.78 is 46.3. The largest absolute Gasteiger partial charge is 0.266 e. The fourth-order valence-electron chi connectivity index (χ4n) is 0.969. The Hall–Kier alpha value is -0.930. The Morgan fingerprint density at radius 2 is 2.00 bits per heavy atom. The molecular formula is C7H13N3O4S2. The van der Waals surface area contributed by atoms with Gasteiger partial charge in [0.05, 0.1) is 11.9 Å². The zero-order chi connectivity index (χ0) is 12.4. The second-order valence-corrected chi connectivity index (χ2v) is 7.65. The van der Waals surface area contributed by atoms with Crippen LogP contribution in [0.15, 0.2) is 17.3 Å². The van der Waals surface area contributed by atoms with Crippen LogP contribution in [0.3, 0.4) is 0 Å². The topological polar surface area (TPSA) is 100 Å². The molecule has 0 bridgehead atoms. The van der Waals surface area contributed by atoms with Crippen LogP contribution < -0.4 is 0 Å². The van der Waals surface area contributed by atoms with Gasteiger partial charge in [-0.05, 0) is 6.07 Å². The van der Waals surface area contributed by atoms with E-state index in [-0.39, 0.29) is 17.3 Å². The highest BCUT2D eigenvalue weighted by molar-refractivity contribution is 7.91. The Morgan fingerprint density at radius 1 is 1.38 bits per heavy atom. The maximum absolute atomic E-state index is 11.8. The minimum absolute atomic E-state index is 0.0523. The highest BCUT2D eigenvalue weighted by Crippen LogP contribution is 2.09. The van der Waals surface area contributed by atoms with E-state index in [0.29, 0.717) is 0 Å². The first-order chi connectivity index (χ1) is 7.23. The standard InChI is InChI=1S/C7H13N3O4S2/c1-10(5-6-15(2,11)12)16(13,14)7-3-4-8-9-7/h3-4H,5-6H2,1-2H3,(H,8,9). The highest BCUT2D eigenvalue weighted by atomic mass is 32.2. The highest BCUT2D eigenvalue weighted by Gasteiger charge is 2.22. The summed E-state index contributed by atoms with van der Waals surface area (Å²) in [5, 5.41) is 5.80. The summed E-state index contributed by atoms with van der Waals surface area (Å²) >= 11 is 0. The van der Waals surface area contributed by atoms with Crippen LogP contribution in [-0.2, 0) is 19.9 Å². The molecule has 7 nitrogen and oxygen atoms in total. The first-order valence-corrected chi connectivity index (χ1v) is 7.87. The van der Waals surface area contributed by atoms with Crippen LogP contribution in [0.1, 0.15) is 0 Å². The van der Waals surface area contributed by atoms with Crippen molar-refractivity contribution in [3.8, 4) is 0 Å². The minimum Gasteiger partial charge on any atom is -0.266 e. The SMILES string of the molecule is CN(CCS(C)(=O)=O)S(=O)(=O)c1ccn[nH]1. The van der Waals surface area contributed by atoms with Crippen molar-refractivity contribution in [1.82, 2.24) is 14.5 Å². The quantitative estimate of drug-likeness (QED) is 0.743. The molecule has 1 N–H and O–H groups in total. The van der Waals surface area contributed by atoms with Gasteiger partial charge >= 0.3 is 0 Å². The molecule has 0 aliphatic heterocycles. The molecule has 0 unspecified atom stereocenters. The lowest BCUT2D eigenvalue weighted by Gasteiger charge is -2.14. The molecule has 0 atom stereocenters. The third kappa shape index (κ3) is 3.29. The second-order valence-electron chi connectivity index (χ2n) is 3.38. The smallest absolute Gasteiger partial charge is 0.259 e. The van der Waals surface area contributed by atoms with Crippen LogP contribution in [0.4, 0.5) is 0 Å². The van der Waals surface area contributed by atoms with E-state index in [2.05, 4.69) is 10.2 Å².